The Morgan fingerprint density at radius 3 is 0.853 bits per heavy atom. The van der Waals surface area contributed by atoms with Gasteiger partial charge in [0.15, 0.2) is 6.10 Å². The van der Waals surface area contributed by atoms with Crippen LogP contribution in [0.15, 0.2) is 109 Å². The van der Waals surface area contributed by atoms with Crippen molar-refractivity contribution in [2.24, 2.45) is 0 Å². The molecule has 1 unspecified atom stereocenters. The molecule has 6 nitrogen and oxygen atoms in total. The molecule has 0 aromatic carbocycles. The van der Waals surface area contributed by atoms with Crippen LogP contribution in [0.2, 0.25) is 0 Å². The van der Waals surface area contributed by atoms with E-state index in [2.05, 4.69) is 130 Å². The molecule has 0 saturated carbocycles. The second-order valence-electron chi connectivity index (χ2n) is 20.6. The Labute approximate surface area is 463 Å². The fourth-order valence-corrected chi connectivity index (χ4v) is 8.53. The van der Waals surface area contributed by atoms with Crippen molar-refractivity contribution < 1.29 is 28.6 Å². The normalized spacial score (nSPS) is 12.8. The Kier molecular flexibility index (Phi) is 59.3. The zero-order chi connectivity index (χ0) is 54.3. The standard InChI is InChI=1S/C69H116O6/c1-4-7-10-13-16-19-22-25-28-30-32-33-34-35-37-38-41-44-47-50-53-56-59-62-68(71)74-65-66(64-73-67(70)61-58-55-52-49-46-43-40-27-24-21-18-15-12-9-6-3)75-69(72)63-60-57-54-51-48-45-42-39-36-31-29-26-23-20-17-14-11-8-5-2/h7,10,16-17,19-20,25-29,32-33,35,37,40-41,44,66H,4-6,8-9,11-15,18,21-24,30-31,34,36,38-39,42-43,45-65H2,1-3H3/b10-7-,19-16-,20-17-,28-25-,29-26-,33-32-,37-35-,40-27-,44-41-. The van der Waals surface area contributed by atoms with Crippen LogP contribution >= 0.6 is 0 Å². The molecular weight excluding hydrogens is 925 g/mol. The topological polar surface area (TPSA) is 78.9 Å². The summed E-state index contributed by atoms with van der Waals surface area (Å²) in [5.74, 6) is -0.924. The molecule has 0 amide bonds. The molecule has 75 heavy (non-hydrogen) atoms. The molecule has 0 fully saturated rings. The minimum absolute atomic E-state index is 0.0929. The number of carbonyl (C=O) groups is 3. The van der Waals surface area contributed by atoms with E-state index in [4.69, 9.17) is 14.2 Å². The van der Waals surface area contributed by atoms with Gasteiger partial charge in [-0.15, -0.1) is 0 Å². The maximum absolute atomic E-state index is 12.9. The SMILES string of the molecule is CC/C=C\C/C=C\C/C=C\C/C=C\C/C=C\C/C=C\CCCCCCC(=O)OCC(COC(=O)CCCCCCC/C=C\CCCCCCCC)OC(=O)CCCCCCCCCCC/C=C\C/C=C\CCCCC. The molecule has 0 aromatic rings. The van der Waals surface area contributed by atoms with Crippen LogP contribution in [-0.4, -0.2) is 37.2 Å². The smallest absolute Gasteiger partial charge is 0.306 e. The Morgan fingerprint density at radius 1 is 0.280 bits per heavy atom. The molecule has 0 bridgehead atoms. The highest BCUT2D eigenvalue weighted by Gasteiger charge is 2.19. The molecule has 0 aliphatic rings. The summed E-state index contributed by atoms with van der Waals surface area (Å²) in [6, 6.07) is 0. The molecule has 0 rings (SSSR count). The van der Waals surface area contributed by atoms with Crippen LogP contribution in [-0.2, 0) is 28.6 Å². The van der Waals surface area contributed by atoms with Crippen molar-refractivity contribution in [2.75, 3.05) is 13.2 Å². The molecule has 6 heteroatoms. The third-order valence-electron chi connectivity index (χ3n) is 13.2. The monoisotopic (exact) mass is 1040 g/mol. The van der Waals surface area contributed by atoms with Crippen molar-refractivity contribution in [3.05, 3.63) is 109 Å². The minimum Gasteiger partial charge on any atom is -0.462 e. The fraction of sp³-hybridized carbons (Fsp3) is 0.696. The molecule has 1 atom stereocenters. The molecule has 0 aliphatic carbocycles. The molecule has 428 valence electrons. The van der Waals surface area contributed by atoms with E-state index >= 15 is 0 Å². The van der Waals surface area contributed by atoms with Crippen molar-refractivity contribution >= 4 is 17.9 Å². The number of hydrogen-bond donors (Lipinski definition) is 0. The van der Waals surface area contributed by atoms with E-state index in [-0.39, 0.29) is 31.1 Å². The number of allylic oxidation sites excluding steroid dienone is 18. The van der Waals surface area contributed by atoms with Crippen LogP contribution in [0, 0.1) is 0 Å². The lowest BCUT2D eigenvalue weighted by atomic mass is 10.1. The maximum atomic E-state index is 12.9. The second-order valence-corrected chi connectivity index (χ2v) is 20.6. The van der Waals surface area contributed by atoms with Crippen molar-refractivity contribution in [2.45, 2.75) is 297 Å². The second kappa shape index (κ2) is 62.6. The summed E-state index contributed by atoms with van der Waals surface area (Å²) in [7, 11) is 0. The van der Waals surface area contributed by atoms with Crippen LogP contribution in [0.4, 0.5) is 0 Å². The molecule has 0 saturated heterocycles. The van der Waals surface area contributed by atoms with E-state index < -0.39 is 6.10 Å². The zero-order valence-electron chi connectivity index (χ0n) is 49.0. The Morgan fingerprint density at radius 2 is 0.520 bits per heavy atom. The first kappa shape index (κ1) is 71.1. The van der Waals surface area contributed by atoms with Gasteiger partial charge in [0.05, 0.1) is 0 Å². The van der Waals surface area contributed by atoms with Gasteiger partial charge >= 0.3 is 17.9 Å². The largest absolute Gasteiger partial charge is 0.462 e. The summed E-state index contributed by atoms with van der Waals surface area (Å²) in [6.07, 6.45) is 85.1. The van der Waals surface area contributed by atoms with Crippen molar-refractivity contribution in [3.8, 4) is 0 Å². The molecular formula is C69H116O6. The average molecular weight is 1040 g/mol. The van der Waals surface area contributed by atoms with Crippen molar-refractivity contribution in [3.63, 3.8) is 0 Å². The van der Waals surface area contributed by atoms with Gasteiger partial charge in [0.2, 0.25) is 0 Å². The van der Waals surface area contributed by atoms with E-state index in [0.29, 0.717) is 19.3 Å². The Bertz CT molecular complexity index is 1520. The summed E-state index contributed by atoms with van der Waals surface area (Å²) in [5, 5.41) is 0. The first-order chi connectivity index (χ1) is 37.0. The molecule has 0 radical (unpaired) electrons. The number of esters is 3. The van der Waals surface area contributed by atoms with Gasteiger partial charge in [-0.2, -0.15) is 0 Å². The third-order valence-corrected chi connectivity index (χ3v) is 13.2. The van der Waals surface area contributed by atoms with Crippen LogP contribution in [0.1, 0.15) is 290 Å². The molecule has 0 N–H and O–H groups in total. The van der Waals surface area contributed by atoms with Gasteiger partial charge in [0.25, 0.3) is 0 Å². The highest BCUT2D eigenvalue weighted by atomic mass is 16.6. The molecule has 0 aromatic heterocycles. The molecule has 0 spiro atoms. The van der Waals surface area contributed by atoms with Gasteiger partial charge in [-0.05, 0) is 128 Å². The Balaban J connectivity index is 4.45. The van der Waals surface area contributed by atoms with Crippen molar-refractivity contribution in [1.29, 1.82) is 0 Å². The highest BCUT2D eigenvalue weighted by Crippen LogP contribution is 2.15. The van der Waals surface area contributed by atoms with E-state index in [1.54, 1.807) is 0 Å². The van der Waals surface area contributed by atoms with E-state index in [1.807, 2.05) is 0 Å². The Hall–Kier alpha value is -3.93. The van der Waals surface area contributed by atoms with Gasteiger partial charge in [0.1, 0.15) is 13.2 Å². The predicted octanol–water partition coefficient (Wildman–Crippen LogP) is 21.4. The summed E-state index contributed by atoms with van der Waals surface area (Å²) in [5.41, 5.74) is 0. The fourth-order valence-electron chi connectivity index (χ4n) is 8.53. The highest BCUT2D eigenvalue weighted by molar-refractivity contribution is 5.71. The molecule has 0 heterocycles. The molecule has 0 aliphatic heterocycles. The summed E-state index contributed by atoms with van der Waals surface area (Å²) in [4.78, 5) is 38.3. The number of ether oxygens (including phenoxy) is 3. The van der Waals surface area contributed by atoms with Gasteiger partial charge < -0.3 is 14.2 Å². The van der Waals surface area contributed by atoms with Gasteiger partial charge in [-0.3, -0.25) is 14.4 Å². The zero-order valence-corrected chi connectivity index (χ0v) is 49.0. The third kappa shape index (κ3) is 60.8. The van der Waals surface area contributed by atoms with Gasteiger partial charge in [0, 0.05) is 19.3 Å². The van der Waals surface area contributed by atoms with Crippen molar-refractivity contribution in [1.82, 2.24) is 0 Å². The van der Waals surface area contributed by atoms with Crippen LogP contribution in [0.3, 0.4) is 0 Å². The van der Waals surface area contributed by atoms with E-state index in [1.165, 1.54) is 128 Å². The van der Waals surface area contributed by atoms with Gasteiger partial charge in [-0.25, -0.2) is 0 Å². The average Bonchev–Trinajstić information content (AvgIpc) is 3.41. The summed E-state index contributed by atoms with van der Waals surface area (Å²) >= 11 is 0. The van der Waals surface area contributed by atoms with E-state index in [9.17, 15) is 14.4 Å². The first-order valence-corrected chi connectivity index (χ1v) is 31.4. The van der Waals surface area contributed by atoms with Crippen LogP contribution < -0.4 is 0 Å². The lowest BCUT2D eigenvalue weighted by Gasteiger charge is -2.18. The minimum atomic E-state index is -0.798. The lowest BCUT2D eigenvalue weighted by Crippen LogP contribution is -2.30. The summed E-state index contributed by atoms with van der Waals surface area (Å²) in [6.45, 7) is 6.48. The lowest BCUT2D eigenvalue weighted by molar-refractivity contribution is -0.167. The maximum Gasteiger partial charge on any atom is 0.306 e. The number of carbonyl (C=O) groups excluding carboxylic acids is 3. The first-order valence-electron chi connectivity index (χ1n) is 31.4. The van der Waals surface area contributed by atoms with Gasteiger partial charge in [-0.1, -0.05) is 252 Å². The number of hydrogen-bond acceptors (Lipinski definition) is 6. The van der Waals surface area contributed by atoms with Crippen LogP contribution in [0.25, 0.3) is 0 Å². The van der Waals surface area contributed by atoms with Crippen LogP contribution in [0.5, 0.6) is 0 Å². The number of rotatable bonds is 56. The quantitative estimate of drug-likeness (QED) is 0.0261. The number of unbranched alkanes of at least 4 members (excludes halogenated alkanes) is 27. The van der Waals surface area contributed by atoms with E-state index in [0.717, 1.165) is 122 Å². The predicted molar refractivity (Wildman–Crippen MR) is 325 cm³/mol. The summed E-state index contributed by atoms with van der Waals surface area (Å²) < 4.78 is 16.9.